The van der Waals surface area contributed by atoms with Crippen molar-refractivity contribution in [2.45, 2.75) is 35.7 Å². The number of carbonyl (C=O) groups excluding carboxylic acids is 2. The fourth-order valence-electron chi connectivity index (χ4n) is 4.99. The zero-order valence-electron chi connectivity index (χ0n) is 19.2. The van der Waals surface area contributed by atoms with Crippen molar-refractivity contribution >= 4 is 35.1 Å². The first-order chi connectivity index (χ1) is 17.0. The van der Waals surface area contributed by atoms with Crippen molar-refractivity contribution in [3.63, 3.8) is 0 Å². The summed E-state index contributed by atoms with van der Waals surface area (Å²) in [5.41, 5.74) is 9.31. The molecule has 3 N–H and O–H groups in total. The van der Waals surface area contributed by atoms with Crippen LogP contribution in [0, 0.1) is 6.92 Å². The molecule has 0 bridgehead atoms. The number of aromatic nitrogens is 1. The van der Waals surface area contributed by atoms with Crippen molar-refractivity contribution in [1.82, 2.24) is 15.2 Å². The monoisotopic (exact) mass is 487 g/mol. The van der Waals surface area contributed by atoms with Gasteiger partial charge in [0.05, 0.1) is 17.4 Å². The molecule has 3 amide bonds. The first-order valence-electron chi connectivity index (χ1n) is 11.6. The number of carbonyl (C=O) groups is 2. The molecule has 6 rings (SSSR count). The van der Waals surface area contributed by atoms with E-state index in [1.54, 1.807) is 11.1 Å². The summed E-state index contributed by atoms with van der Waals surface area (Å²) in [6.07, 6.45) is 2.50. The van der Waals surface area contributed by atoms with Crippen LogP contribution in [-0.2, 0) is 4.79 Å². The second-order valence-electron chi connectivity index (χ2n) is 9.05. The van der Waals surface area contributed by atoms with E-state index in [4.69, 9.17) is 10.5 Å². The maximum Gasteiger partial charge on any atom is 0.327 e. The number of anilines is 2. The van der Waals surface area contributed by atoms with Crippen molar-refractivity contribution in [3.8, 4) is 11.5 Å². The molecule has 3 atom stereocenters. The second kappa shape index (κ2) is 8.58. The van der Waals surface area contributed by atoms with E-state index >= 15 is 0 Å². The van der Waals surface area contributed by atoms with E-state index < -0.39 is 11.3 Å². The van der Waals surface area contributed by atoms with Crippen LogP contribution in [0.4, 0.5) is 16.2 Å². The van der Waals surface area contributed by atoms with Crippen LogP contribution in [0.25, 0.3) is 0 Å². The number of likely N-dealkylation sites (tertiary alicyclic amines) is 1. The van der Waals surface area contributed by atoms with Gasteiger partial charge in [0.2, 0.25) is 5.91 Å². The molecule has 178 valence electrons. The van der Waals surface area contributed by atoms with Gasteiger partial charge in [-0.2, -0.15) is 0 Å². The van der Waals surface area contributed by atoms with E-state index in [1.165, 1.54) is 11.8 Å². The van der Waals surface area contributed by atoms with Gasteiger partial charge < -0.3 is 20.7 Å². The van der Waals surface area contributed by atoms with Gasteiger partial charge in [-0.3, -0.25) is 9.69 Å². The van der Waals surface area contributed by atoms with Gasteiger partial charge in [-0.15, -0.1) is 0 Å². The summed E-state index contributed by atoms with van der Waals surface area (Å²) in [6.45, 7) is 3.15. The predicted octanol–water partition coefficient (Wildman–Crippen LogP) is 4.12. The number of nitrogens with zero attached hydrogens (tertiary/aromatic N) is 3. The van der Waals surface area contributed by atoms with Gasteiger partial charge in [0.1, 0.15) is 21.8 Å². The molecule has 8 nitrogen and oxygen atoms in total. The minimum Gasteiger partial charge on any atom is -0.457 e. The van der Waals surface area contributed by atoms with Crippen LogP contribution in [0.5, 0.6) is 11.5 Å². The van der Waals surface area contributed by atoms with E-state index in [0.29, 0.717) is 18.8 Å². The lowest BCUT2D eigenvalue weighted by atomic mass is 9.99. The van der Waals surface area contributed by atoms with Crippen molar-refractivity contribution in [2.24, 2.45) is 5.73 Å². The molecule has 3 aliphatic heterocycles. The predicted molar refractivity (Wildman–Crippen MR) is 134 cm³/mol. The van der Waals surface area contributed by atoms with Crippen LogP contribution in [0.3, 0.4) is 0 Å². The Morgan fingerprint density at radius 3 is 2.71 bits per heavy atom. The molecule has 3 aromatic rings. The number of pyridine rings is 1. The van der Waals surface area contributed by atoms with Gasteiger partial charge in [0.15, 0.2) is 0 Å². The third kappa shape index (κ3) is 3.81. The highest BCUT2D eigenvalue weighted by Crippen LogP contribution is 2.51. The van der Waals surface area contributed by atoms with E-state index in [-0.39, 0.29) is 18.0 Å². The Labute approximate surface area is 207 Å². The third-order valence-electron chi connectivity index (χ3n) is 6.67. The smallest absolute Gasteiger partial charge is 0.327 e. The summed E-state index contributed by atoms with van der Waals surface area (Å²) >= 11 is 1.42. The Morgan fingerprint density at radius 1 is 1.14 bits per heavy atom. The molecule has 2 aromatic carbocycles. The highest BCUT2D eigenvalue weighted by atomic mass is 32.2. The minimum absolute atomic E-state index is 0.00393. The van der Waals surface area contributed by atoms with E-state index in [0.717, 1.165) is 39.7 Å². The molecule has 3 aliphatic rings. The van der Waals surface area contributed by atoms with Gasteiger partial charge >= 0.3 is 6.03 Å². The summed E-state index contributed by atoms with van der Waals surface area (Å²) in [5, 5.41) is 3.42. The number of nitrogens with two attached hydrogens (primary N) is 1. The number of benzene rings is 2. The molecule has 35 heavy (non-hydrogen) atoms. The summed E-state index contributed by atoms with van der Waals surface area (Å²) in [6, 6.07) is 16.4. The summed E-state index contributed by atoms with van der Waals surface area (Å²) < 4.78 is 5.96. The zero-order chi connectivity index (χ0) is 24.1. The second-order valence-corrected chi connectivity index (χ2v) is 10.2. The van der Waals surface area contributed by atoms with Crippen LogP contribution in [-0.4, -0.2) is 46.2 Å². The summed E-state index contributed by atoms with van der Waals surface area (Å²) in [7, 11) is 0. The van der Waals surface area contributed by atoms with Gasteiger partial charge in [0, 0.05) is 30.9 Å². The van der Waals surface area contributed by atoms with Crippen molar-refractivity contribution in [3.05, 3.63) is 71.9 Å². The number of rotatable bonds is 4. The fraction of sp³-hybridized carbons (Fsp3) is 0.269. The molecular weight excluding hydrogens is 462 g/mol. The van der Waals surface area contributed by atoms with Gasteiger partial charge in [-0.05, 0) is 55.3 Å². The largest absolute Gasteiger partial charge is 0.457 e. The lowest BCUT2D eigenvalue weighted by molar-refractivity contribution is -0.130. The standard InChI is InChI=1S/C26H25N5O3S/c1-15-13-18(34-17-5-3-2-4-6-17)7-8-19(15)31-20-9-11-28-24-21(20)22(29-26(31)33)23(35-24)25(32)30-12-10-16(27)14-30/h2-9,11,13,16,22-23H,10,12,14,27H2,1H3,(H,29,33)/t16?,22?,23-/m0/s1. The molecule has 1 aromatic heterocycles. The van der Waals surface area contributed by atoms with Gasteiger partial charge in [-0.25, -0.2) is 9.78 Å². The number of hydrogen-bond acceptors (Lipinski definition) is 6. The van der Waals surface area contributed by atoms with E-state index in [9.17, 15) is 9.59 Å². The van der Waals surface area contributed by atoms with Crippen LogP contribution >= 0.6 is 11.8 Å². The number of aryl methyl sites for hydroxylation is 1. The molecule has 2 unspecified atom stereocenters. The highest BCUT2D eigenvalue weighted by molar-refractivity contribution is 8.01. The Balaban J connectivity index is 1.31. The summed E-state index contributed by atoms with van der Waals surface area (Å²) in [4.78, 5) is 34.7. The van der Waals surface area contributed by atoms with Crippen molar-refractivity contribution < 1.29 is 14.3 Å². The average molecular weight is 488 g/mol. The number of nitrogens with one attached hydrogen (secondary N) is 1. The molecule has 4 heterocycles. The number of urea groups is 1. The molecule has 1 fully saturated rings. The first kappa shape index (κ1) is 21.9. The maximum atomic E-state index is 13.4. The number of hydrogen-bond donors (Lipinski definition) is 2. The Hall–Kier alpha value is -3.56. The minimum atomic E-state index is -0.446. The lowest BCUT2D eigenvalue weighted by Gasteiger charge is -2.35. The van der Waals surface area contributed by atoms with Crippen molar-refractivity contribution in [2.75, 3.05) is 18.0 Å². The molecule has 0 saturated carbocycles. The molecular formula is C26H25N5O3S. The molecule has 1 saturated heterocycles. The Bertz CT molecular complexity index is 1320. The zero-order valence-corrected chi connectivity index (χ0v) is 20.0. The number of thioether (sulfide) groups is 1. The number of para-hydroxylation sites is 1. The van der Waals surface area contributed by atoms with Crippen LogP contribution in [0.1, 0.15) is 23.6 Å². The third-order valence-corrected chi connectivity index (χ3v) is 7.95. The Kier molecular flexibility index (Phi) is 5.38. The highest BCUT2D eigenvalue weighted by Gasteiger charge is 2.48. The van der Waals surface area contributed by atoms with Crippen LogP contribution in [0.15, 0.2) is 65.8 Å². The van der Waals surface area contributed by atoms with Gasteiger partial charge in [-0.1, -0.05) is 30.0 Å². The molecule has 0 aliphatic carbocycles. The molecule has 9 heteroatoms. The van der Waals surface area contributed by atoms with Crippen LogP contribution in [0.2, 0.25) is 0 Å². The SMILES string of the molecule is Cc1cc(Oc2ccccc2)ccc1N1C(=O)NC2c3c1ccnc3S[C@@H]2C(=O)N1CCC(N)C1. The average Bonchev–Trinajstić information content (AvgIpc) is 3.45. The quantitative estimate of drug-likeness (QED) is 0.574. The van der Waals surface area contributed by atoms with E-state index in [2.05, 4.69) is 10.3 Å². The van der Waals surface area contributed by atoms with Crippen LogP contribution < -0.4 is 20.7 Å². The summed E-state index contributed by atoms with van der Waals surface area (Å²) in [5.74, 6) is 1.44. The fourth-order valence-corrected chi connectivity index (χ4v) is 6.30. The first-order valence-corrected chi connectivity index (χ1v) is 12.5. The number of ether oxygens (including phenoxy) is 1. The number of amides is 3. The molecule has 0 spiro atoms. The van der Waals surface area contributed by atoms with Crippen molar-refractivity contribution in [1.29, 1.82) is 0 Å². The molecule has 0 radical (unpaired) electrons. The van der Waals surface area contributed by atoms with Gasteiger partial charge in [0.25, 0.3) is 0 Å². The Morgan fingerprint density at radius 2 is 1.97 bits per heavy atom. The topological polar surface area (TPSA) is 101 Å². The normalized spacial score (nSPS) is 22.7. The maximum absolute atomic E-state index is 13.4. The van der Waals surface area contributed by atoms with E-state index in [1.807, 2.05) is 66.4 Å². The lowest BCUT2D eigenvalue weighted by Crippen LogP contribution is -2.49.